The molecule has 1 fully saturated rings. The molecule has 2 rings (SSSR count). The quantitative estimate of drug-likeness (QED) is 0.787. The zero-order valence-corrected chi connectivity index (χ0v) is 8.91. The maximum atomic E-state index is 5.38. The van der Waals surface area contributed by atoms with E-state index in [1.54, 1.807) is 0 Å². The van der Waals surface area contributed by atoms with Gasteiger partial charge in [0.1, 0.15) is 0 Å². The van der Waals surface area contributed by atoms with E-state index in [0.29, 0.717) is 18.5 Å². The van der Waals surface area contributed by atoms with Crippen LogP contribution in [0.2, 0.25) is 0 Å². The number of aromatic nitrogens is 2. The van der Waals surface area contributed by atoms with Gasteiger partial charge in [-0.15, -0.1) is 5.10 Å². The van der Waals surface area contributed by atoms with Gasteiger partial charge in [0.15, 0.2) is 0 Å². The molecule has 1 saturated carbocycles. The first-order chi connectivity index (χ1) is 7.38. The summed E-state index contributed by atoms with van der Waals surface area (Å²) in [6, 6.07) is 0.501. The first-order valence-corrected chi connectivity index (χ1v) is 5.65. The third kappa shape index (κ3) is 2.92. The third-order valence-electron chi connectivity index (χ3n) is 2.91. The average Bonchev–Trinajstić information content (AvgIpc) is 2.76. The van der Waals surface area contributed by atoms with Crippen LogP contribution < -0.4 is 11.1 Å². The Bertz CT molecular complexity index is 293. The number of hydrogen-bond donors (Lipinski definition) is 2. The van der Waals surface area contributed by atoms with Crippen molar-refractivity contribution in [2.75, 3.05) is 11.9 Å². The summed E-state index contributed by atoms with van der Waals surface area (Å²) in [5.41, 5.74) is 5.38. The molecule has 1 aromatic heterocycles. The Balaban J connectivity index is 1.76. The molecular formula is C10H18N4O. The number of nitrogens with one attached hydrogen (secondary N) is 1. The molecule has 1 heterocycles. The molecule has 0 bridgehead atoms. The minimum absolute atomic E-state index is 0.304. The van der Waals surface area contributed by atoms with Gasteiger partial charge in [-0.2, -0.15) is 0 Å². The predicted octanol–water partition coefficient (Wildman–Crippen LogP) is 1.52. The number of hydrogen-bond acceptors (Lipinski definition) is 5. The van der Waals surface area contributed by atoms with Crippen molar-refractivity contribution in [1.82, 2.24) is 10.2 Å². The summed E-state index contributed by atoms with van der Waals surface area (Å²) in [5.74, 6) is 1.24. The van der Waals surface area contributed by atoms with Crippen LogP contribution in [0.25, 0.3) is 0 Å². The zero-order chi connectivity index (χ0) is 10.5. The normalized spacial score (nSPS) is 17.9. The molecule has 1 aliphatic carbocycles. The number of nitrogens with zero attached hydrogens (tertiary/aromatic N) is 2. The first kappa shape index (κ1) is 10.4. The van der Waals surface area contributed by atoms with Gasteiger partial charge < -0.3 is 15.5 Å². The van der Waals surface area contributed by atoms with Crippen LogP contribution in [-0.4, -0.2) is 16.7 Å². The Morgan fingerprint density at radius 2 is 2.07 bits per heavy atom. The van der Waals surface area contributed by atoms with Crippen LogP contribution in [0.1, 0.15) is 38.0 Å². The lowest BCUT2D eigenvalue weighted by Gasteiger charge is -2.20. The number of anilines is 1. The van der Waals surface area contributed by atoms with Gasteiger partial charge in [0.2, 0.25) is 5.89 Å². The topological polar surface area (TPSA) is 77.0 Å². The van der Waals surface area contributed by atoms with Crippen molar-refractivity contribution in [3.8, 4) is 0 Å². The highest BCUT2D eigenvalue weighted by atomic mass is 16.4. The molecule has 84 valence electrons. The van der Waals surface area contributed by atoms with Crippen LogP contribution in [-0.2, 0) is 6.54 Å². The second-order valence-corrected chi connectivity index (χ2v) is 4.09. The van der Waals surface area contributed by atoms with Crippen LogP contribution in [0, 0.1) is 5.92 Å². The summed E-state index contributed by atoms with van der Waals surface area (Å²) in [4.78, 5) is 0. The minimum atomic E-state index is 0.304. The summed E-state index contributed by atoms with van der Waals surface area (Å²) in [7, 11) is 0. The second kappa shape index (κ2) is 5.11. The average molecular weight is 210 g/mol. The van der Waals surface area contributed by atoms with E-state index in [2.05, 4.69) is 15.5 Å². The molecular weight excluding hydrogens is 192 g/mol. The molecule has 0 aliphatic heterocycles. The van der Waals surface area contributed by atoms with Gasteiger partial charge in [-0.1, -0.05) is 24.4 Å². The summed E-state index contributed by atoms with van der Waals surface area (Å²) >= 11 is 0. The molecule has 3 N–H and O–H groups in total. The highest BCUT2D eigenvalue weighted by molar-refractivity contribution is 5.16. The maximum Gasteiger partial charge on any atom is 0.315 e. The molecule has 1 aliphatic rings. The molecule has 0 saturated heterocycles. The lowest BCUT2D eigenvalue weighted by atomic mass is 9.89. The third-order valence-corrected chi connectivity index (χ3v) is 2.91. The van der Waals surface area contributed by atoms with Crippen molar-refractivity contribution in [3.63, 3.8) is 0 Å². The van der Waals surface area contributed by atoms with Crippen molar-refractivity contribution in [1.29, 1.82) is 0 Å². The Kier molecular flexibility index (Phi) is 3.55. The molecule has 0 spiro atoms. The van der Waals surface area contributed by atoms with Crippen LogP contribution in [0.3, 0.4) is 0 Å². The van der Waals surface area contributed by atoms with E-state index >= 15 is 0 Å². The molecule has 0 unspecified atom stereocenters. The molecule has 0 radical (unpaired) electrons. The molecule has 0 aromatic carbocycles. The lowest BCUT2D eigenvalue weighted by molar-refractivity contribution is 0.370. The van der Waals surface area contributed by atoms with Crippen LogP contribution in [0.4, 0.5) is 6.01 Å². The molecule has 5 heteroatoms. The predicted molar refractivity (Wildman–Crippen MR) is 57.3 cm³/mol. The van der Waals surface area contributed by atoms with Gasteiger partial charge in [0.25, 0.3) is 0 Å². The highest BCUT2D eigenvalue weighted by Crippen LogP contribution is 2.23. The first-order valence-electron chi connectivity index (χ1n) is 5.65. The Morgan fingerprint density at radius 3 is 2.73 bits per heavy atom. The van der Waals surface area contributed by atoms with Gasteiger partial charge in [-0.25, -0.2) is 0 Å². The van der Waals surface area contributed by atoms with Crippen molar-refractivity contribution < 1.29 is 4.42 Å². The van der Waals surface area contributed by atoms with E-state index in [1.165, 1.54) is 32.1 Å². The summed E-state index contributed by atoms with van der Waals surface area (Å²) in [6.45, 7) is 1.24. The van der Waals surface area contributed by atoms with E-state index in [1.807, 2.05) is 0 Å². The fourth-order valence-electron chi connectivity index (χ4n) is 2.03. The summed E-state index contributed by atoms with van der Waals surface area (Å²) < 4.78 is 5.27. The monoisotopic (exact) mass is 210 g/mol. The Hall–Kier alpha value is -1.10. The molecule has 15 heavy (non-hydrogen) atoms. The molecule has 0 atom stereocenters. The zero-order valence-electron chi connectivity index (χ0n) is 8.91. The standard InChI is InChI=1S/C10H18N4O/c11-6-9-13-14-10(15-9)12-7-8-4-2-1-3-5-8/h8H,1-7,11H2,(H,12,14). The SMILES string of the molecule is NCc1nnc(NCC2CCCCC2)o1. The van der Waals surface area contributed by atoms with E-state index in [-0.39, 0.29) is 0 Å². The fourth-order valence-corrected chi connectivity index (χ4v) is 2.03. The van der Waals surface area contributed by atoms with E-state index in [4.69, 9.17) is 10.2 Å². The van der Waals surface area contributed by atoms with Crippen LogP contribution in [0.5, 0.6) is 0 Å². The van der Waals surface area contributed by atoms with Crippen LogP contribution >= 0.6 is 0 Å². The van der Waals surface area contributed by atoms with Gasteiger partial charge in [-0.3, -0.25) is 0 Å². The van der Waals surface area contributed by atoms with Crippen molar-refractivity contribution in [2.45, 2.75) is 38.6 Å². The van der Waals surface area contributed by atoms with E-state index in [0.717, 1.165) is 12.5 Å². The van der Waals surface area contributed by atoms with Gasteiger partial charge in [-0.05, 0) is 18.8 Å². The lowest BCUT2D eigenvalue weighted by Crippen LogP contribution is -2.17. The molecule has 1 aromatic rings. The molecule has 5 nitrogen and oxygen atoms in total. The molecule has 0 amide bonds. The van der Waals surface area contributed by atoms with Gasteiger partial charge >= 0.3 is 6.01 Å². The maximum absolute atomic E-state index is 5.38. The smallest absolute Gasteiger partial charge is 0.315 e. The van der Waals surface area contributed by atoms with Gasteiger partial charge in [0, 0.05) is 6.54 Å². The van der Waals surface area contributed by atoms with Crippen molar-refractivity contribution in [2.24, 2.45) is 11.7 Å². The second-order valence-electron chi connectivity index (χ2n) is 4.09. The summed E-state index contributed by atoms with van der Waals surface area (Å²) in [5, 5.41) is 10.8. The number of nitrogens with two attached hydrogens (primary N) is 1. The van der Waals surface area contributed by atoms with Crippen molar-refractivity contribution in [3.05, 3.63) is 5.89 Å². The summed E-state index contributed by atoms with van der Waals surface area (Å²) in [6.07, 6.45) is 6.71. The van der Waals surface area contributed by atoms with E-state index in [9.17, 15) is 0 Å². The van der Waals surface area contributed by atoms with Gasteiger partial charge in [0.05, 0.1) is 6.54 Å². The van der Waals surface area contributed by atoms with Crippen LogP contribution in [0.15, 0.2) is 4.42 Å². The largest absolute Gasteiger partial charge is 0.407 e. The Labute approximate surface area is 89.4 Å². The fraction of sp³-hybridized carbons (Fsp3) is 0.800. The van der Waals surface area contributed by atoms with E-state index < -0.39 is 0 Å². The number of rotatable bonds is 4. The minimum Gasteiger partial charge on any atom is -0.407 e. The van der Waals surface area contributed by atoms with Crippen molar-refractivity contribution >= 4 is 6.01 Å². The Morgan fingerprint density at radius 1 is 1.27 bits per heavy atom. The highest BCUT2D eigenvalue weighted by Gasteiger charge is 2.14.